The van der Waals surface area contributed by atoms with Gasteiger partial charge in [-0.2, -0.15) is 0 Å². The highest BCUT2D eigenvalue weighted by Gasteiger charge is 2.15. The topological polar surface area (TPSA) is 78.3 Å². The zero-order valence-corrected chi connectivity index (χ0v) is 18.1. The number of thioether (sulfide) groups is 1. The standard InChI is InChI=1S/C20H21ClN4O3S/c1-12-5-7-13(8-6-12)19-23-24-20(25(19)2)29-11-18(26)22-15-10-16(27-3)14(21)9-17(15)28-4/h5-10H,11H2,1-4H3,(H,22,26). The molecule has 0 radical (unpaired) electrons. The van der Waals surface area contributed by atoms with Crippen LogP contribution < -0.4 is 14.8 Å². The highest BCUT2D eigenvalue weighted by atomic mass is 35.5. The molecule has 0 saturated heterocycles. The zero-order valence-electron chi connectivity index (χ0n) is 16.5. The third-order valence-electron chi connectivity index (χ3n) is 4.23. The number of ether oxygens (including phenoxy) is 2. The van der Waals surface area contributed by atoms with Crippen molar-refractivity contribution in [3.05, 3.63) is 47.0 Å². The molecule has 0 spiro atoms. The minimum absolute atomic E-state index is 0.161. The average molecular weight is 433 g/mol. The molecule has 0 aliphatic carbocycles. The Bertz CT molecular complexity index is 1020. The summed E-state index contributed by atoms with van der Waals surface area (Å²) in [6.45, 7) is 2.03. The van der Waals surface area contributed by atoms with Gasteiger partial charge in [-0.15, -0.1) is 10.2 Å². The van der Waals surface area contributed by atoms with Crippen LogP contribution in [0.5, 0.6) is 11.5 Å². The predicted octanol–water partition coefficient (Wildman–Crippen LogP) is 4.19. The Morgan fingerprint density at radius 1 is 1.14 bits per heavy atom. The third-order valence-corrected chi connectivity index (χ3v) is 5.54. The van der Waals surface area contributed by atoms with E-state index in [1.165, 1.54) is 31.5 Å². The first-order valence-electron chi connectivity index (χ1n) is 8.73. The van der Waals surface area contributed by atoms with Gasteiger partial charge in [0.1, 0.15) is 11.5 Å². The lowest BCUT2D eigenvalue weighted by atomic mass is 10.1. The maximum atomic E-state index is 12.4. The van der Waals surface area contributed by atoms with Crippen LogP contribution in [-0.4, -0.2) is 40.6 Å². The molecule has 1 heterocycles. The Labute approximate surface area is 178 Å². The number of aromatic nitrogens is 3. The van der Waals surface area contributed by atoms with Gasteiger partial charge in [-0.05, 0) is 6.92 Å². The fraction of sp³-hybridized carbons (Fsp3) is 0.250. The largest absolute Gasteiger partial charge is 0.495 e. The van der Waals surface area contributed by atoms with Crippen LogP contribution in [0.1, 0.15) is 5.56 Å². The number of benzene rings is 2. The number of amides is 1. The number of aryl methyl sites for hydroxylation is 1. The van der Waals surface area contributed by atoms with E-state index in [-0.39, 0.29) is 11.7 Å². The quantitative estimate of drug-likeness (QED) is 0.564. The normalized spacial score (nSPS) is 10.7. The lowest BCUT2D eigenvalue weighted by Gasteiger charge is -2.13. The summed E-state index contributed by atoms with van der Waals surface area (Å²) >= 11 is 7.40. The van der Waals surface area contributed by atoms with E-state index in [1.54, 1.807) is 12.1 Å². The van der Waals surface area contributed by atoms with Crippen molar-refractivity contribution in [2.24, 2.45) is 7.05 Å². The molecule has 152 valence electrons. The van der Waals surface area contributed by atoms with E-state index < -0.39 is 0 Å². The van der Waals surface area contributed by atoms with Crippen LogP contribution in [0.2, 0.25) is 5.02 Å². The summed E-state index contributed by atoms with van der Waals surface area (Å²) in [5.41, 5.74) is 2.63. The van der Waals surface area contributed by atoms with Crippen molar-refractivity contribution in [1.29, 1.82) is 0 Å². The van der Waals surface area contributed by atoms with E-state index in [4.69, 9.17) is 21.1 Å². The highest BCUT2D eigenvalue weighted by molar-refractivity contribution is 7.99. The number of hydrogen-bond donors (Lipinski definition) is 1. The summed E-state index contributed by atoms with van der Waals surface area (Å²) < 4.78 is 12.3. The summed E-state index contributed by atoms with van der Waals surface area (Å²) in [7, 11) is 4.89. The lowest BCUT2D eigenvalue weighted by molar-refractivity contribution is -0.113. The van der Waals surface area contributed by atoms with E-state index in [1.807, 2.05) is 42.8 Å². The Kier molecular flexibility index (Phi) is 6.66. The fourth-order valence-corrected chi connectivity index (χ4v) is 3.61. The second-order valence-electron chi connectivity index (χ2n) is 6.26. The van der Waals surface area contributed by atoms with Crippen LogP contribution in [0.3, 0.4) is 0 Å². The number of hydrogen-bond acceptors (Lipinski definition) is 6. The van der Waals surface area contributed by atoms with Gasteiger partial charge in [0, 0.05) is 24.7 Å². The van der Waals surface area contributed by atoms with Crippen LogP contribution in [-0.2, 0) is 11.8 Å². The Balaban J connectivity index is 1.68. The summed E-state index contributed by atoms with van der Waals surface area (Å²) in [6.07, 6.45) is 0. The van der Waals surface area contributed by atoms with Crippen molar-refractivity contribution in [3.8, 4) is 22.9 Å². The van der Waals surface area contributed by atoms with Gasteiger partial charge in [0.15, 0.2) is 11.0 Å². The van der Waals surface area contributed by atoms with Crippen molar-refractivity contribution < 1.29 is 14.3 Å². The first kappa shape index (κ1) is 21.0. The third kappa shape index (κ3) is 4.83. The molecule has 0 fully saturated rings. The molecule has 0 bridgehead atoms. The first-order valence-corrected chi connectivity index (χ1v) is 10.1. The maximum Gasteiger partial charge on any atom is 0.234 e. The van der Waals surface area contributed by atoms with Gasteiger partial charge >= 0.3 is 0 Å². The first-order chi connectivity index (χ1) is 13.9. The van der Waals surface area contributed by atoms with Crippen molar-refractivity contribution in [1.82, 2.24) is 14.8 Å². The SMILES string of the molecule is COc1cc(NC(=O)CSc2nnc(-c3ccc(C)cc3)n2C)c(OC)cc1Cl. The fourth-order valence-electron chi connectivity index (χ4n) is 2.67. The minimum Gasteiger partial charge on any atom is -0.495 e. The van der Waals surface area contributed by atoms with Crippen LogP contribution in [0.25, 0.3) is 11.4 Å². The highest BCUT2D eigenvalue weighted by Crippen LogP contribution is 2.36. The van der Waals surface area contributed by atoms with E-state index in [0.717, 1.165) is 11.4 Å². The van der Waals surface area contributed by atoms with E-state index in [2.05, 4.69) is 15.5 Å². The molecular formula is C20H21ClN4O3S. The minimum atomic E-state index is -0.211. The Hall–Kier alpha value is -2.71. The molecule has 0 saturated carbocycles. The summed E-state index contributed by atoms with van der Waals surface area (Å²) in [5, 5.41) is 12.3. The monoisotopic (exact) mass is 432 g/mol. The summed E-state index contributed by atoms with van der Waals surface area (Å²) in [5.74, 6) is 1.60. The second kappa shape index (κ2) is 9.19. The van der Waals surface area contributed by atoms with Crippen LogP contribution in [0.15, 0.2) is 41.6 Å². The van der Waals surface area contributed by atoms with Gasteiger partial charge in [-0.3, -0.25) is 4.79 Å². The smallest absolute Gasteiger partial charge is 0.234 e. The van der Waals surface area contributed by atoms with E-state index in [0.29, 0.717) is 27.4 Å². The van der Waals surface area contributed by atoms with Crippen LogP contribution >= 0.6 is 23.4 Å². The van der Waals surface area contributed by atoms with Gasteiger partial charge in [0.2, 0.25) is 5.91 Å². The van der Waals surface area contributed by atoms with Crippen LogP contribution in [0, 0.1) is 6.92 Å². The number of carbonyl (C=O) groups is 1. The van der Waals surface area contributed by atoms with E-state index >= 15 is 0 Å². The van der Waals surface area contributed by atoms with Crippen LogP contribution in [0.4, 0.5) is 5.69 Å². The number of rotatable bonds is 7. The number of halogens is 1. The number of methoxy groups -OCH3 is 2. The van der Waals surface area contributed by atoms with Gasteiger partial charge < -0.3 is 19.4 Å². The van der Waals surface area contributed by atoms with Gasteiger partial charge in [-0.1, -0.05) is 53.2 Å². The molecule has 7 nitrogen and oxygen atoms in total. The zero-order chi connectivity index (χ0) is 21.0. The maximum absolute atomic E-state index is 12.4. The molecule has 3 aromatic rings. The van der Waals surface area contributed by atoms with Gasteiger partial charge in [0.25, 0.3) is 0 Å². The number of nitrogens with zero attached hydrogens (tertiary/aromatic N) is 3. The molecule has 9 heteroatoms. The molecule has 1 amide bonds. The summed E-state index contributed by atoms with van der Waals surface area (Å²) in [6, 6.07) is 11.3. The Morgan fingerprint density at radius 3 is 2.48 bits per heavy atom. The molecule has 2 aromatic carbocycles. The predicted molar refractivity (Wildman–Crippen MR) is 115 cm³/mol. The summed E-state index contributed by atoms with van der Waals surface area (Å²) in [4.78, 5) is 12.4. The molecule has 0 aliphatic heterocycles. The molecule has 29 heavy (non-hydrogen) atoms. The number of nitrogens with one attached hydrogen (secondary N) is 1. The molecule has 0 atom stereocenters. The second-order valence-corrected chi connectivity index (χ2v) is 7.60. The molecule has 0 unspecified atom stereocenters. The number of anilines is 1. The number of carbonyl (C=O) groups excluding carboxylic acids is 1. The van der Waals surface area contributed by atoms with Crippen molar-refractivity contribution >= 4 is 35.0 Å². The molecular weight excluding hydrogens is 412 g/mol. The van der Waals surface area contributed by atoms with Gasteiger partial charge in [0.05, 0.1) is 30.7 Å². The van der Waals surface area contributed by atoms with Crippen molar-refractivity contribution in [2.45, 2.75) is 12.1 Å². The lowest BCUT2D eigenvalue weighted by Crippen LogP contribution is -2.15. The molecule has 0 aliphatic rings. The molecule has 3 rings (SSSR count). The Morgan fingerprint density at radius 2 is 1.83 bits per heavy atom. The molecule has 1 N–H and O–H groups in total. The average Bonchev–Trinajstić information content (AvgIpc) is 3.08. The van der Waals surface area contributed by atoms with Gasteiger partial charge in [-0.25, -0.2) is 0 Å². The van der Waals surface area contributed by atoms with E-state index in [9.17, 15) is 4.79 Å². The van der Waals surface area contributed by atoms with Crippen molar-refractivity contribution in [3.63, 3.8) is 0 Å². The molecule has 1 aromatic heterocycles. The van der Waals surface area contributed by atoms with Crippen molar-refractivity contribution in [2.75, 3.05) is 25.3 Å².